The number of nitrogens with zero attached hydrogens (tertiary/aromatic N) is 2. The fraction of sp³-hybridized carbons (Fsp3) is 0.333. The molecule has 2 aromatic carbocycles. The van der Waals surface area contributed by atoms with Crippen molar-refractivity contribution >= 4 is 17.2 Å². The molecule has 0 aliphatic carbocycles. The molecule has 3 rings (SSSR count). The average Bonchev–Trinajstić information content (AvgIpc) is 3.16. The highest BCUT2D eigenvalue weighted by atomic mass is 32.1. The maximum absolute atomic E-state index is 13.2. The van der Waals surface area contributed by atoms with Crippen molar-refractivity contribution in [1.29, 1.82) is 0 Å². The number of halogens is 1. The Kier molecular flexibility index (Phi) is 7.21. The lowest BCUT2D eigenvalue weighted by molar-refractivity contribution is 0.0720. The molecule has 0 saturated heterocycles. The Balaban J connectivity index is 1.68. The Morgan fingerprint density at radius 3 is 2.60 bits per heavy atom. The van der Waals surface area contributed by atoms with Crippen LogP contribution < -0.4 is 4.74 Å². The van der Waals surface area contributed by atoms with E-state index in [0.29, 0.717) is 31.2 Å². The highest BCUT2D eigenvalue weighted by Gasteiger charge is 2.19. The molecular weight excluding hydrogens is 399 g/mol. The zero-order valence-corrected chi connectivity index (χ0v) is 18.6. The molecule has 0 spiro atoms. The van der Waals surface area contributed by atoms with Gasteiger partial charge in [-0.1, -0.05) is 26.0 Å². The smallest absolute Gasteiger partial charge is 0.254 e. The van der Waals surface area contributed by atoms with E-state index in [1.165, 1.54) is 41.2 Å². The van der Waals surface area contributed by atoms with Gasteiger partial charge in [0.05, 0.1) is 12.2 Å². The molecule has 1 amide bonds. The van der Waals surface area contributed by atoms with Crippen LogP contribution in [0.15, 0.2) is 47.8 Å². The van der Waals surface area contributed by atoms with Crippen LogP contribution in [0.4, 0.5) is 4.39 Å². The fourth-order valence-corrected chi connectivity index (χ4v) is 3.83. The van der Waals surface area contributed by atoms with Gasteiger partial charge in [0.15, 0.2) is 0 Å². The van der Waals surface area contributed by atoms with Gasteiger partial charge < -0.3 is 9.64 Å². The highest BCUT2D eigenvalue weighted by molar-refractivity contribution is 7.09. The first-order valence-electron chi connectivity index (χ1n) is 10.0. The normalized spacial score (nSPS) is 11.0. The maximum atomic E-state index is 13.2. The van der Waals surface area contributed by atoms with Gasteiger partial charge in [-0.2, -0.15) is 0 Å². The summed E-state index contributed by atoms with van der Waals surface area (Å²) in [6.07, 6.45) is 0. The fourth-order valence-electron chi connectivity index (χ4n) is 3.14. The Hall–Kier alpha value is -2.73. The molecule has 0 N–H and O–H groups in total. The third-order valence-corrected chi connectivity index (χ3v) is 5.69. The van der Waals surface area contributed by atoms with Crippen molar-refractivity contribution < 1.29 is 13.9 Å². The molecule has 6 heteroatoms. The number of ether oxygens (including phenoxy) is 1. The summed E-state index contributed by atoms with van der Waals surface area (Å²) < 4.78 is 19.2. The van der Waals surface area contributed by atoms with Crippen molar-refractivity contribution in [1.82, 2.24) is 9.88 Å². The molecule has 0 radical (unpaired) electrons. The van der Waals surface area contributed by atoms with Crippen LogP contribution >= 0.6 is 11.3 Å². The van der Waals surface area contributed by atoms with E-state index in [2.05, 4.69) is 31.8 Å². The predicted octanol–water partition coefficient (Wildman–Crippen LogP) is 5.78. The molecule has 1 aromatic heterocycles. The van der Waals surface area contributed by atoms with Gasteiger partial charge in [-0.15, -0.1) is 11.3 Å². The number of carbonyl (C=O) groups excluding carboxylic acids is 1. The van der Waals surface area contributed by atoms with Crippen LogP contribution in [0, 0.1) is 25.6 Å². The maximum Gasteiger partial charge on any atom is 0.254 e. The van der Waals surface area contributed by atoms with Gasteiger partial charge in [0.25, 0.3) is 5.91 Å². The summed E-state index contributed by atoms with van der Waals surface area (Å²) in [6.45, 7) is 9.64. The van der Waals surface area contributed by atoms with Crippen LogP contribution in [-0.2, 0) is 13.2 Å². The van der Waals surface area contributed by atoms with Gasteiger partial charge >= 0.3 is 0 Å². The second-order valence-corrected chi connectivity index (χ2v) is 8.75. The molecule has 0 bridgehead atoms. The molecule has 0 unspecified atom stereocenters. The summed E-state index contributed by atoms with van der Waals surface area (Å²) in [4.78, 5) is 19.4. The van der Waals surface area contributed by atoms with Gasteiger partial charge in [0, 0.05) is 17.5 Å². The molecule has 0 aliphatic heterocycles. The molecule has 0 saturated carbocycles. The summed E-state index contributed by atoms with van der Waals surface area (Å²) in [5.74, 6) is 0.694. The Bertz CT molecular complexity index is 999. The first kappa shape index (κ1) is 22.0. The van der Waals surface area contributed by atoms with Crippen LogP contribution in [0.2, 0.25) is 0 Å². The van der Waals surface area contributed by atoms with E-state index in [1.54, 1.807) is 4.90 Å². The lowest BCUT2D eigenvalue weighted by atomic mass is 10.1. The third-order valence-electron chi connectivity index (χ3n) is 4.82. The topological polar surface area (TPSA) is 42.4 Å². The van der Waals surface area contributed by atoms with E-state index < -0.39 is 0 Å². The van der Waals surface area contributed by atoms with E-state index in [0.717, 1.165) is 22.0 Å². The molecule has 1 heterocycles. The van der Waals surface area contributed by atoms with E-state index >= 15 is 0 Å². The SMILES string of the molecule is Cc1cccc(OCc2nc(CN(CC(C)C)C(=O)c3ccc(F)cc3)cs2)c1C. The third kappa shape index (κ3) is 5.66. The van der Waals surface area contributed by atoms with Crippen molar-refractivity contribution in [3.63, 3.8) is 0 Å². The van der Waals surface area contributed by atoms with Crippen LogP contribution in [0.5, 0.6) is 5.75 Å². The number of hydrogen-bond acceptors (Lipinski definition) is 4. The van der Waals surface area contributed by atoms with E-state index in [4.69, 9.17) is 4.74 Å². The summed E-state index contributed by atoms with van der Waals surface area (Å²) >= 11 is 1.53. The van der Waals surface area contributed by atoms with Gasteiger partial charge in [0.2, 0.25) is 0 Å². The Labute approximate surface area is 181 Å². The first-order chi connectivity index (χ1) is 14.3. The van der Waals surface area contributed by atoms with Crippen molar-refractivity contribution in [3.05, 3.63) is 81.1 Å². The van der Waals surface area contributed by atoms with Crippen LogP contribution in [0.25, 0.3) is 0 Å². The lowest BCUT2D eigenvalue weighted by Gasteiger charge is -2.24. The minimum absolute atomic E-state index is 0.120. The van der Waals surface area contributed by atoms with Crippen LogP contribution in [0.1, 0.15) is 46.0 Å². The summed E-state index contributed by atoms with van der Waals surface area (Å²) in [5, 5.41) is 2.83. The molecule has 0 aliphatic rings. The van der Waals surface area contributed by atoms with E-state index in [1.807, 2.05) is 24.4 Å². The first-order valence-corrected chi connectivity index (χ1v) is 10.9. The average molecular weight is 427 g/mol. The van der Waals surface area contributed by atoms with Crippen molar-refractivity contribution in [2.24, 2.45) is 5.92 Å². The zero-order chi connectivity index (χ0) is 21.7. The number of thiazole rings is 1. The summed E-state index contributed by atoms with van der Waals surface area (Å²) in [6, 6.07) is 11.7. The second-order valence-electron chi connectivity index (χ2n) is 7.81. The highest BCUT2D eigenvalue weighted by Crippen LogP contribution is 2.23. The molecule has 30 heavy (non-hydrogen) atoms. The van der Waals surface area contributed by atoms with Crippen molar-refractivity contribution in [3.8, 4) is 5.75 Å². The molecule has 0 atom stereocenters. The Morgan fingerprint density at radius 2 is 1.90 bits per heavy atom. The lowest BCUT2D eigenvalue weighted by Crippen LogP contribution is -2.33. The summed E-state index contributed by atoms with van der Waals surface area (Å²) in [5.41, 5.74) is 3.62. The second kappa shape index (κ2) is 9.85. The van der Waals surface area contributed by atoms with Crippen molar-refractivity contribution in [2.45, 2.75) is 40.8 Å². The monoisotopic (exact) mass is 426 g/mol. The Morgan fingerprint density at radius 1 is 1.17 bits per heavy atom. The standard InChI is InChI=1S/C24H27FN2O2S/c1-16(2)12-27(24(28)19-8-10-20(25)11-9-19)13-21-15-30-23(26-21)14-29-22-7-5-6-17(3)18(22)4/h5-11,15-16H,12-14H2,1-4H3. The van der Waals surface area contributed by atoms with Crippen LogP contribution in [-0.4, -0.2) is 22.3 Å². The van der Waals surface area contributed by atoms with Gasteiger partial charge in [0.1, 0.15) is 23.2 Å². The summed E-state index contributed by atoms with van der Waals surface area (Å²) in [7, 11) is 0. The number of carbonyl (C=O) groups is 1. The number of hydrogen-bond donors (Lipinski definition) is 0. The van der Waals surface area contributed by atoms with E-state index in [-0.39, 0.29) is 11.7 Å². The quantitative estimate of drug-likeness (QED) is 0.459. The molecule has 4 nitrogen and oxygen atoms in total. The van der Waals surface area contributed by atoms with Gasteiger partial charge in [-0.3, -0.25) is 4.79 Å². The molecular formula is C24H27FN2O2S. The number of rotatable bonds is 8. The van der Waals surface area contributed by atoms with E-state index in [9.17, 15) is 9.18 Å². The number of aryl methyl sites for hydroxylation is 1. The van der Waals surface area contributed by atoms with Crippen molar-refractivity contribution in [2.75, 3.05) is 6.54 Å². The van der Waals surface area contributed by atoms with Gasteiger partial charge in [-0.25, -0.2) is 9.37 Å². The number of aromatic nitrogens is 1. The van der Waals surface area contributed by atoms with Gasteiger partial charge in [-0.05, 0) is 61.2 Å². The zero-order valence-electron chi connectivity index (χ0n) is 17.8. The molecule has 158 valence electrons. The van der Waals surface area contributed by atoms with Crippen LogP contribution in [0.3, 0.4) is 0 Å². The molecule has 0 fully saturated rings. The number of benzene rings is 2. The minimum atomic E-state index is -0.352. The predicted molar refractivity (Wildman–Crippen MR) is 118 cm³/mol. The molecule has 3 aromatic rings. The largest absolute Gasteiger partial charge is 0.486 e. The minimum Gasteiger partial charge on any atom is -0.486 e. The number of amides is 1.